The molecule has 1 aromatic heterocycles. The number of benzene rings is 1. The topological polar surface area (TPSA) is 42.4 Å². The molecule has 2 heterocycles. The van der Waals surface area contributed by atoms with Gasteiger partial charge in [0.1, 0.15) is 0 Å². The number of hydrogen-bond donors (Lipinski definition) is 0. The summed E-state index contributed by atoms with van der Waals surface area (Å²) in [5, 5.41) is 0.675. The van der Waals surface area contributed by atoms with E-state index in [1.807, 2.05) is 48.2 Å². The van der Waals surface area contributed by atoms with E-state index in [0.717, 1.165) is 11.1 Å². The number of pyridine rings is 1. The maximum absolute atomic E-state index is 13.2. The summed E-state index contributed by atoms with van der Waals surface area (Å²) < 4.78 is 5.46. The average Bonchev–Trinajstić information content (AvgIpc) is 2.61. The molecule has 0 aliphatic carbocycles. The van der Waals surface area contributed by atoms with Crippen molar-refractivity contribution in [3.05, 3.63) is 64.9 Å². The highest BCUT2D eigenvalue weighted by Crippen LogP contribution is 2.26. The Hall–Kier alpha value is -1.91. The van der Waals surface area contributed by atoms with Crippen molar-refractivity contribution in [2.45, 2.75) is 25.3 Å². The van der Waals surface area contributed by atoms with Crippen molar-refractivity contribution in [1.29, 1.82) is 0 Å². The highest BCUT2D eigenvalue weighted by Gasteiger charge is 2.30. The lowest BCUT2D eigenvalue weighted by atomic mass is 9.90. The van der Waals surface area contributed by atoms with E-state index in [9.17, 15) is 4.79 Å². The van der Waals surface area contributed by atoms with Crippen molar-refractivity contribution in [3.63, 3.8) is 0 Å². The molecule has 2 aromatic rings. The Kier molecular flexibility index (Phi) is 5.48. The summed E-state index contributed by atoms with van der Waals surface area (Å²) in [6.45, 7) is 3.86. The van der Waals surface area contributed by atoms with Crippen LogP contribution in [0.5, 0.6) is 0 Å². The van der Waals surface area contributed by atoms with E-state index in [1.165, 1.54) is 0 Å². The van der Waals surface area contributed by atoms with Gasteiger partial charge in [0.25, 0.3) is 0 Å². The number of nitrogens with zero attached hydrogens (tertiary/aromatic N) is 2. The minimum Gasteiger partial charge on any atom is -0.377 e. The molecule has 0 saturated carbocycles. The SMILES string of the molecule is CC1COCCN1C(=O)C(Cc1ccncc1)c1ccc(Cl)cc1. The lowest BCUT2D eigenvalue weighted by molar-refractivity contribution is -0.140. The van der Waals surface area contributed by atoms with Crippen LogP contribution in [0.2, 0.25) is 5.02 Å². The molecule has 0 N–H and O–H groups in total. The Bertz CT molecular complexity index is 676. The zero-order chi connectivity index (χ0) is 16.9. The van der Waals surface area contributed by atoms with Gasteiger partial charge in [-0.3, -0.25) is 9.78 Å². The monoisotopic (exact) mass is 344 g/mol. The number of rotatable bonds is 4. The highest BCUT2D eigenvalue weighted by molar-refractivity contribution is 6.30. The van der Waals surface area contributed by atoms with Crippen LogP contribution in [0.15, 0.2) is 48.8 Å². The number of morpholine rings is 1. The summed E-state index contributed by atoms with van der Waals surface area (Å²) in [4.78, 5) is 19.2. The Balaban J connectivity index is 1.88. The summed E-state index contributed by atoms with van der Waals surface area (Å²) >= 11 is 6.01. The summed E-state index contributed by atoms with van der Waals surface area (Å²) in [6.07, 6.45) is 4.17. The molecule has 1 aromatic carbocycles. The maximum atomic E-state index is 13.2. The average molecular weight is 345 g/mol. The summed E-state index contributed by atoms with van der Waals surface area (Å²) in [5.74, 6) is -0.0878. The Morgan fingerprint density at radius 1 is 1.29 bits per heavy atom. The number of hydrogen-bond acceptors (Lipinski definition) is 3. The van der Waals surface area contributed by atoms with Gasteiger partial charge < -0.3 is 9.64 Å². The summed E-state index contributed by atoms with van der Waals surface area (Å²) in [6, 6.07) is 11.6. The molecule has 5 heteroatoms. The van der Waals surface area contributed by atoms with Gasteiger partial charge >= 0.3 is 0 Å². The van der Waals surface area contributed by atoms with Gasteiger partial charge in [0, 0.05) is 24.0 Å². The summed E-state index contributed by atoms with van der Waals surface area (Å²) in [5.41, 5.74) is 2.08. The fraction of sp³-hybridized carbons (Fsp3) is 0.368. The van der Waals surface area contributed by atoms with E-state index in [4.69, 9.17) is 16.3 Å². The lowest BCUT2D eigenvalue weighted by Crippen LogP contribution is -2.49. The third-order valence-electron chi connectivity index (χ3n) is 4.41. The van der Waals surface area contributed by atoms with Gasteiger partial charge in [-0.15, -0.1) is 0 Å². The number of halogens is 1. The lowest BCUT2D eigenvalue weighted by Gasteiger charge is -2.36. The molecule has 1 amide bonds. The Morgan fingerprint density at radius 3 is 2.67 bits per heavy atom. The first-order chi connectivity index (χ1) is 11.6. The zero-order valence-electron chi connectivity index (χ0n) is 13.7. The fourth-order valence-electron chi connectivity index (χ4n) is 3.05. The molecular formula is C19H21ClN2O2. The predicted octanol–water partition coefficient (Wildman–Crippen LogP) is 3.31. The standard InChI is InChI=1S/C19H21ClN2O2/c1-14-13-24-11-10-22(14)19(23)18(12-15-6-8-21-9-7-15)16-2-4-17(20)5-3-16/h2-9,14,18H,10-13H2,1H3. The van der Waals surface area contributed by atoms with E-state index in [0.29, 0.717) is 31.2 Å². The van der Waals surface area contributed by atoms with Gasteiger partial charge in [0.05, 0.1) is 25.2 Å². The zero-order valence-corrected chi connectivity index (χ0v) is 14.4. The first kappa shape index (κ1) is 16.9. The van der Waals surface area contributed by atoms with Crippen molar-refractivity contribution < 1.29 is 9.53 Å². The van der Waals surface area contributed by atoms with Crippen LogP contribution in [0.1, 0.15) is 24.0 Å². The molecule has 1 fully saturated rings. The number of aromatic nitrogens is 1. The van der Waals surface area contributed by atoms with E-state index >= 15 is 0 Å². The minimum atomic E-state index is -0.231. The second-order valence-corrected chi connectivity index (χ2v) is 6.56. The molecule has 1 aliphatic rings. The van der Waals surface area contributed by atoms with Crippen LogP contribution >= 0.6 is 11.6 Å². The Labute approximate surface area is 147 Å². The van der Waals surface area contributed by atoms with Gasteiger partial charge in [0.2, 0.25) is 5.91 Å². The second kappa shape index (κ2) is 7.77. The van der Waals surface area contributed by atoms with Crippen LogP contribution in [0.3, 0.4) is 0 Å². The van der Waals surface area contributed by atoms with Crippen molar-refractivity contribution >= 4 is 17.5 Å². The molecule has 3 rings (SSSR count). The van der Waals surface area contributed by atoms with Crippen LogP contribution in [-0.2, 0) is 16.0 Å². The largest absolute Gasteiger partial charge is 0.377 e. The van der Waals surface area contributed by atoms with Crippen molar-refractivity contribution in [2.75, 3.05) is 19.8 Å². The fourth-order valence-corrected chi connectivity index (χ4v) is 3.18. The van der Waals surface area contributed by atoms with Gasteiger partial charge in [-0.2, -0.15) is 0 Å². The van der Waals surface area contributed by atoms with E-state index in [2.05, 4.69) is 4.98 Å². The molecule has 1 aliphatic heterocycles. The van der Waals surface area contributed by atoms with E-state index < -0.39 is 0 Å². The molecule has 1 saturated heterocycles. The molecule has 126 valence electrons. The van der Waals surface area contributed by atoms with Gasteiger partial charge in [0.15, 0.2) is 0 Å². The van der Waals surface area contributed by atoms with E-state index in [-0.39, 0.29) is 17.9 Å². The third-order valence-corrected chi connectivity index (χ3v) is 4.66. The molecular weight excluding hydrogens is 324 g/mol. The summed E-state index contributed by atoms with van der Waals surface area (Å²) in [7, 11) is 0. The molecule has 0 spiro atoms. The molecule has 2 unspecified atom stereocenters. The predicted molar refractivity (Wildman–Crippen MR) is 94.1 cm³/mol. The quantitative estimate of drug-likeness (QED) is 0.854. The number of carbonyl (C=O) groups excluding carboxylic acids is 1. The van der Waals surface area contributed by atoms with E-state index in [1.54, 1.807) is 12.4 Å². The second-order valence-electron chi connectivity index (χ2n) is 6.12. The van der Waals surface area contributed by atoms with Crippen LogP contribution in [0, 0.1) is 0 Å². The van der Waals surface area contributed by atoms with Crippen molar-refractivity contribution in [2.24, 2.45) is 0 Å². The van der Waals surface area contributed by atoms with Crippen LogP contribution in [-0.4, -0.2) is 41.6 Å². The van der Waals surface area contributed by atoms with Gasteiger partial charge in [-0.1, -0.05) is 23.7 Å². The van der Waals surface area contributed by atoms with Crippen molar-refractivity contribution in [1.82, 2.24) is 9.88 Å². The normalized spacial score (nSPS) is 19.1. The van der Waals surface area contributed by atoms with Crippen molar-refractivity contribution in [3.8, 4) is 0 Å². The van der Waals surface area contributed by atoms with Crippen LogP contribution < -0.4 is 0 Å². The third kappa shape index (κ3) is 3.94. The molecule has 0 bridgehead atoms. The number of carbonyl (C=O) groups is 1. The minimum absolute atomic E-state index is 0.0958. The molecule has 2 atom stereocenters. The first-order valence-electron chi connectivity index (χ1n) is 8.18. The molecule has 4 nitrogen and oxygen atoms in total. The van der Waals surface area contributed by atoms with Gasteiger partial charge in [-0.05, 0) is 48.7 Å². The highest BCUT2D eigenvalue weighted by atomic mass is 35.5. The maximum Gasteiger partial charge on any atom is 0.230 e. The smallest absolute Gasteiger partial charge is 0.230 e. The first-order valence-corrected chi connectivity index (χ1v) is 8.55. The van der Waals surface area contributed by atoms with Crippen LogP contribution in [0.25, 0.3) is 0 Å². The van der Waals surface area contributed by atoms with Crippen LogP contribution in [0.4, 0.5) is 0 Å². The molecule has 0 radical (unpaired) electrons. The Morgan fingerprint density at radius 2 is 2.00 bits per heavy atom. The number of ether oxygens (including phenoxy) is 1. The van der Waals surface area contributed by atoms with Gasteiger partial charge in [-0.25, -0.2) is 0 Å². The number of amides is 1. The molecule has 24 heavy (non-hydrogen) atoms.